The van der Waals surface area contributed by atoms with Gasteiger partial charge in [0.15, 0.2) is 5.78 Å². The highest BCUT2D eigenvalue weighted by molar-refractivity contribution is 6.00. The maximum Gasteiger partial charge on any atom is 0.164 e. The molecule has 132 valence electrons. The van der Waals surface area contributed by atoms with Crippen molar-refractivity contribution in [1.82, 2.24) is 0 Å². The molecular formula is C19H20FNO4. The number of halogens is 1. The molecule has 6 heteroatoms. The molecule has 5 nitrogen and oxygen atoms in total. The molecule has 0 amide bonds. The van der Waals surface area contributed by atoms with Gasteiger partial charge in [-0.2, -0.15) is 0 Å². The standard InChI is InChI=1S/C19H20FNO4/c1-11(22)18-13(20)5-4-6-14(18)21-9-12-16(24-2)7-8-17(25-3)19(12)15(23)10-21/h4-8,15,23H,9-10H2,1-3H3. The van der Waals surface area contributed by atoms with Gasteiger partial charge < -0.3 is 19.5 Å². The minimum Gasteiger partial charge on any atom is -0.496 e. The van der Waals surface area contributed by atoms with Crippen LogP contribution in [0.25, 0.3) is 0 Å². The monoisotopic (exact) mass is 345 g/mol. The van der Waals surface area contributed by atoms with Gasteiger partial charge >= 0.3 is 0 Å². The van der Waals surface area contributed by atoms with Gasteiger partial charge in [-0.05, 0) is 31.2 Å². The van der Waals surface area contributed by atoms with Crippen molar-refractivity contribution in [3.05, 3.63) is 52.8 Å². The summed E-state index contributed by atoms with van der Waals surface area (Å²) in [7, 11) is 3.10. The van der Waals surface area contributed by atoms with E-state index < -0.39 is 11.9 Å². The number of ketones is 1. The fourth-order valence-corrected chi connectivity index (χ4v) is 3.38. The fraction of sp³-hybridized carbons (Fsp3) is 0.316. The van der Waals surface area contributed by atoms with E-state index in [4.69, 9.17) is 9.47 Å². The van der Waals surface area contributed by atoms with E-state index in [0.29, 0.717) is 29.3 Å². The van der Waals surface area contributed by atoms with Crippen molar-refractivity contribution in [2.75, 3.05) is 25.7 Å². The highest BCUT2D eigenvalue weighted by Gasteiger charge is 2.31. The van der Waals surface area contributed by atoms with Crippen molar-refractivity contribution in [3.8, 4) is 11.5 Å². The van der Waals surface area contributed by atoms with Crippen LogP contribution in [-0.4, -0.2) is 31.7 Å². The number of aliphatic hydroxyl groups is 1. The molecule has 0 saturated heterocycles. The number of nitrogens with zero attached hydrogens (tertiary/aromatic N) is 1. The lowest BCUT2D eigenvalue weighted by Gasteiger charge is -2.36. The molecule has 2 aromatic carbocycles. The second-order valence-corrected chi connectivity index (χ2v) is 5.95. The lowest BCUT2D eigenvalue weighted by atomic mass is 9.94. The third-order valence-electron chi connectivity index (χ3n) is 4.47. The van der Waals surface area contributed by atoms with Gasteiger partial charge in [0.2, 0.25) is 0 Å². The van der Waals surface area contributed by atoms with Gasteiger partial charge in [-0.25, -0.2) is 4.39 Å². The van der Waals surface area contributed by atoms with E-state index in [0.717, 1.165) is 5.56 Å². The number of carbonyl (C=O) groups excluding carboxylic acids is 1. The highest BCUT2D eigenvalue weighted by Crippen LogP contribution is 2.41. The van der Waals surface area contributed by atoms with Crippen LogP contribution in [0.1, 0.15) is 34.5 Å². The van der Waals surface area contributed by atoms with Gasteiger partial charge in [-0.3, -0.25) is 4.79 Å². The summed E-state index contributed by atoms with van der Waals surface area (Å²) in [4.78, 5) is 13.7. The molecule has 0 spiro atoms. The first kappa shape index (κ1) is 17.2. The minimum absolute atomic E-state index is 0.0278. The van der Waals surface area contributed by atoms with Crippen molar-refractivity contribution in [3.63, 3.8) is 0 Å². The van der Waals surface area contributed by atoms with E-state index in [-0.39, 0.29) is 17.9 Å². The first-order valence-electron chi connectivity index (χ1n) is 7.94. The molecule has 3 rings (SSSR count). The molecule has 0 saturated carbocycles. The van der Waals surface area contributed by atoms with Crippen LogP contribution >= 0.6 is 0 Å². The number of carbonyl (C=O) groups is 1. The predicted molar refractivity (Wildman–Crippen MR) is 92.0 cm³/mol. The molecule has 0 aliphatic carbocycles. The average molecular weight is 345 g/mol. The predicted octanol–water partition coefficient (Wildman–Crippen LogP) is 3.10. The third kappa shape index (κ3) is 2.93. The molecule has 1 atom stereocenters. The summed E-state index contributed by atoms with van der Waals surface area (Å²) < 4.78 is 24.9. The number of aliphatic hydroxyl groups excluding tert-OH is 1. The number of Topliss-reactive ketones (excluding diaryl/α,β-unsaturated/α-hetero) is 1. The fourth-order valence-electron chi connectivity index (χ4n) is 3.38. The molecule has 1 heterocycles. The molecule has 0 radical (unpaired) electrons. The molecule has 1 aliphatic heterocycles. The number of benzene rings is 2. The Bertz CT molecular complexity index is 821. The largest absolute Gasteiger partial charge is 0.496 e. The highest BCUT2D eigenvalue weighted by atomic mass is 19.1. The quantitative estimate of drug-likeness (QED) is 0.863. The molecule has 0 fully saturated rings. The minimum atomic E-state index is -0.850. The van der Waals surface area contributed by atoms with Crippen molar-refractivity contribution in [2.45, 2.75) is 19.6 Å². The number of rotatable bonds is 4. The maximum absolute atomic E-state index is 14.2. The zero-order valence-corrected chi connectivity index (χ0v) is 14.4. The molecule has 2 aromatic rings. The second-order valence-electron chi connectivity index (χ2n) is 5.95. The van der Waals surface area contributed by atoms with E-state index in [1.807, 2.05) is 0 Å². The lowest BCUT2D eigenvalue weighted by Crippen LogP contribution is -2.35. The van der Waals surface area contributed by atoms with Gasteiger partial charge in [-0.15, -0.1) is 0 Å². The Morgan fingerprint density at radius 2 is 1.88 bits per heavy atom. The number of methoxy groups -OCH3 is 2. The molecule has 0 aromatic heterocycles. The van der Waals surface area contributed by atoms with E-state index in [1.165, 1.54) is 13.0 Å². The maximum atomic E-state index is 14.2. The lowest BCUT2D eigenvalue weighted by molar-refractivity contribution is 0.101. The van der Waals surface area contributed by atoms with E-state index >= 15 is 0 Å². The Hall–Kier alpha value is -2.60. The molecule has 25 heavy (non-hydrogen) atoms. The molecule has 1 aliphatic rings. The van der Waals surface area contributed by atoms with Crippen molar-refractivity contribution in [1.29, 1.82) is 0 Å². The van der Waals surface area contributed by atoms with Crippen LogP contribution in [0, 0.1) is 5.82 Å². The van der Waals surface area contributed by atoms with Gasteiger partial charge in [-0.1, -0.05) is 6.07 Å². The van der Waals surface area contributed by atoms with E-state index in [2.05, 4.69) is 0 Å². The molecule has 1 unspecified atom stereocenters. The SMILES string of the molecule is COc1ccc(OC)c2c1CN(c1cccc(F)c1C(C)=O)CC2O. The van der Waals surface area contributed by atoms with Gasteiger partial charge in [0, 0.05) is 24.2 Å². The second kappa shape index (κ2) is 6.72. The third-order valence-corrected chi connectivity index (χ3v) is 4.47. The number of fused-ring (bicyclic) bond motifs is 1. The van der Waals surface area contributed by atoms with Gasteiger partial charge in [0.05, 0.1) is 25.5 Å². The number of β-amino-alcohol motifs (C(OH)–C–C–N with tert-alkyl or cyclic N) is 1. The number of hydrogen-bond acceptors (Lipinski definition) is 5. The van der Waals surface area contributed by atoms with Crippen LogP contribution in [-0.2, 0) is 6.54 Å². The summed E-state index contributed by atoms with van der Waals surface area (Å²) in [5.41, 5.74) is 1.92. The Balaban J connectivity index is 2.11. The zero-order chi connectivity index (χ0) is 18.1. The summed E-state index contributed by atoms with van der Waals surface area (Å²) in [5.74, 6) is 0.267. The van der Waals surface area contributed by atoms with Crippen LogP contribution in [0.3, 0.4) is 0 Å². The summed E-state index contributed by atoms with van der Waals surface area (Å²) >= 11 is 0. The summed E-state index contributed by atoms with van der Waals surface area (Å²) in [6, 6.07) is 8.02. The van der Waals surface area contributed by atoms with E-state index in [1.54, 1.807) is 43.4 Å². The summed E-state index contributed by atoms with van der Waals surface area (Å²) in [6.07, 6.45) is -0.850. The molecule has 0 bridgehead atoms. The van der Waals surface area contributed by atoms with Gasteiger partial charge in [0.25, 0.3) is 0 Å². The Morgan fingerprint density at radius 1 is 1.20 bits per heavy atom. The first-order valence-corrected chi connectivity index (χ1v) is 7.94. The summed E-state index contributed by atoms with van der Waals surface area (Å²) in [5, 5.41) is 10.7. The first-order chi connectivity index (χ1) is 12.0. The average Bonchev–Trinajstić information content (AvgIpc) is 2.60. The number of ether oxygens (including phenoxy) is 2. The van der Waals surface area contributed by atoms with E-state index in [9.17, 15) is 14.3 Å². The normalized spacial score (nSPS) is 16.4. The number of hydrogen-bond donors (Lipinski definition) is 1. The summed E-state index contributed by atoms with van der Waals surface area (Å²) in [6.45, 7) is 1.93. The van der Waals surface area contributed by atoms with Crippen LogP contribution in [0.2, 0.25) is 0 Å². The molecule has 1 N–H and O–H groups in total. The van der Waals surface area contributed by atoms with Crippen molar-refractivity contribution in [2.24, 2.45) is 0 Å². The van der Waals surface area contributed by atoms with Crippen molar-refractivity contribution >= 4 is 11.5 Å². The van der Waals surface area contributed by atoms with Crippen LogP contribution in [0.4, 0.5) is 10.1 Å². The zero-order valence-electron chi connectivity index (χ0n) is 14.4. The van der Waals surface area contributed by atoms with Crippen LogP contribution in [0.5, 0.6) is 11.5 Å². The Morgan fingerprint density at radius 3 is 2.52 bits per heavy atom. The Kier molecular flexibility index (Phi) is 4.63. The molecular weight excluding hydrogens is 325 g/mol. The van der Waals surface area contributed by atoms with Crippen molar-refractivity contribution < 1.29 is 23.8 Å². The van der Waals surface area contributed by atoms with Crippen LogP contribution in [0.15, 0.2) is 30.3 Å². The Labute approximate surface area is 145 Å². The smallest absolute Gasteiger partial charge is 0.164 e. The number of anilines is 1. The topological polar surface area (TPSA) is 59.0 Å². The van der Waals surface area contributed by atoms with Gasteiger partial charge in [0.1, 0.15) is 23.4 Å². The van der Waals surface area contributed by atoms with Crippen LogP contribution < -0.4 is 14.4 Å².